The Kier molecular flexibility index (Phi) is 5.17. The highest BCUT2D eigenvalue weighted by Gasteiger charge is 2.43. The number of carbonyl (C=O) groups is 1. The van der Waals surface area contributed by atoms with Gasteiger partial charge in [0.15, 0.2) is 0 Å². The molecule has 1 N–H and O–H groups in total. The molecule has 0 aliphatic carbocycles. The van der Waals surface area contributed by atoms with Crippen molar-refractivity contribution in [2.45, 2.75) is 42.2 Å². The number of piperidine rings is 1. The lowest BCUT2D eigenvalue weighted by molar-refractivity contribution is -0.123. The molecule has 0 aromatic carbocycles. The second kappa shape index (κ2) is 6.87. The maximum absolute atomic E-state index is 12.1. The Morgan fingerprint density at radius 1 is 1.33 bits per heavy atom. The molecule has 0 saturated carbocycles. The third-order valence-corrected chi connectivity index (χ3v) is 5.42. The first-order valence-electron chi connectivity index (χ1n) is 8.09. The lowest BCUT2D eigenvalue weighted by atomic mass is 9.83. The Hall–Kier alpha value is -0.750. The predicted octanol–water partition coefficient (Wildman–Crippen LogP) is 2.49. The van der Waals surface area contributed by atoms with Gasteiger partial charge in [-0.25, -0.2) is 0 Å². The average Bonchev–Trinajstić information content (AvgIpc) is 2.52. The predicted molar refractivity (Wildman–Crippen MR) is 95.6 cm³/mol. The zero-order valence-electron chi connectivity index (χ0n) is 13.3. The molecule has 1 amide bonds. The van der Waals surface area contributed by atoms with E-state index in [0.717, 1.165) is 12.1 Å². The molecule has 0 spiro atoms. The van der Waals surface area contributed by atoms with Crippen LogP contribution >= 0.6 is 34.8 Å². The van der Waals surface area contributed by atoms with Crippen molar-refractivity contribution < 1.29 is 4.79 Å². The largest absolute Gasteiger partial charge is 0.337 e. The van der Waals surface area contributed by atoms with Crippen LogP contribution in [0.4, 0.5) is 0 Å². The number of aromatic nitrogens is 1. The quantitative estimate of drug-likeness (QED) is 0.804. The van der Waals surface area contributed by atoms with Crippen LogP contribution in [0.25, 0.3) is 0 Å². The van der Waals surface area contributed by atoms with Gasteiger partial charge in [0.1, 0.15) is 6.17 Å². The lowest BCUT2D eigenvalue weighted by Crippen LogP contribution is -2.60. The second-order valence-electron chi connectivity index (χ2n) is 6.52. The van der Waals surface area contributed by atoms with Crippen LogP contribution in [0.2, 0.25) is 0 Å². The van der Waals surface area contributed by atoms with E-state index in [-0.39, 0.29) is 17.4 Å². The average molecular weight is 393 g/mol. The maximum Gasteiger partial charge on any atom is 0.250 e. The summed E-state index contributed by atoms with van der Waals surface area (Å²) in [5.41, 5.74) is 1.06. The second-order valence-corrected chi connectivity index (χ2v) is 8.89. The fraction of sp³-hybridized carbons (Fsp3) is 0.625. The molecule has 3 rings (SSSR count). The van der Waals surface area contributed by atoms with Crippen LogP contribution in [-0.2, 0) is 11.3 Å². The van der Waals surface area contributed by atoms with Crippen LogP contribution in [0.3, 0.4) is 0 Å². The number of fused-ring (bicyclic) bond motifs is 4. The SMILES string of the molecule is CCC(=O)N[C@H](N1C[C@@H]2C[C@H](C1)c1cccc(=O)n1C2)C(Cl)(Cl)Cl. The van der Waals surface area contributed by atoms with Crippen LogP contribution < -0.4 is 10.9 Å². The number of pyridine rings is 1. The van der Waals surface area contributed by atoms with E-state index in [1.54, 1.807) is 19.1 Å². The standard InChI is InChI=1S/C16H20Cl3N3O2/c1-2-13(23)20-15(16(17,18)19)21-7-10-6-11(9-21)12-4-3-5-14(24)22(12)8-10/h3-5,10-11,15H,2,6-9H2,1H3,(H,20,23)/t10-,11+,15+/m0/s1. The van der Waals surface area contributed by atoms with Gasteiger partial charge in [0, 0.05) is 43.7 Å². The molecule has 1 saturated heterocycles. The van der Waals surface area contributed by atoms with Crippen molar-refractivity contribution in [1.82, 2.24) is 14.8 Å². The summed E-state index contributed by atoms with van der Waals surface area (Å²) in [5.74, 6) is 0.336. The molecule has 5 nitrogen and oxygen atoms in total. The van der Waals surface area contributed by atoms with Crippen LogP contribution in [-0.4, -0.2) is 38.4 Å². The number of amides is 1. The topological polar surface area (TPSA) is 54.3 Å². The zero-order chi connectivity index (χ0) is 17.5. The van der Waals surface area contributed by atoms with Crippen LogP contribution in [0.1, 0.15) is 31.4 Å². The van der Waals surface area contributed by atoms with E-state index in [1.165, 1.54) is 0 Å². The Morgan fingerprint density at radius 2 is 2.08 bits per heavy atom. The Balaban J connectivity index is 1.87. The highest BCUT2D eigenvalue weighted by molar-refractivity contribution is 6.68. The molecule has 1 aromatic heterocycles. The van der Waals surface area contributed by atoms with Gasteiger partial charge in [0.2, 0.25) is 9.70 Å². The minimum Gasteiger partial charge on any atom is -0.337 e. The normalized spacial score (nSPS) is 25.0. The maximum atomic E-state index is 12.1. The van der Waals surface area contributed by atoms with Gasteiger partial charge in [-0.3, -0.25) is 14.5 Å². The van der Waals surface area contributed by atoms with Gasteiger partial charge in [-0.2, -0.15) is 0 Å². The number of carbonyl (C=O) groups excluding carboxylic acids is 1. The molecule has 3 atom stereocenters. The van der Waals surface area contributed by atoms with Crippen molar-refractivity contribution in [3.63, 3.8) is 0 Å². The molecular weight excluding hydrogens is 373 g/mol. The minimum atomic E-state index is -1.62. The molecule has 3 heterocycles. The highest BCUT2D eigenvalue weighted by atomic mass is 35.6. The molecule has 132 valence electrons. The summed E-state index contributed by atoms with van der Waals surface area (Å²) >= 11 is 18.4. The fourth-order valence-electron chi connectivity index (χ4n) is 3.78. The molecule has 8 heteroatoms. The van der Waals surface area contributed by atoms with E-state index in [2.05, 4.69) is 5.32 Å². The number of alkyl halides is 3. The summed E-state index contributed by atoms with van der Waals surface area (Å²) in [6, 6.07) is 5.37. The van der Waals surface area contributed by atoms with E-state index >= 15 is 0 Å². The van der Waals surface area contributed by atoms with E-state index in [1.807, 2.05) is 15.5 Å². The molecule has 24 heavy (non-hydrogen) atoms. The highest BCUT2D eigenvalue weighted by Crippen LogP contribution is 2.39. The van der Waals surface area contributed by atoms with Crippen molar-refractivity contribution in [3.8, 4) is 0 Å². The van der Waals surface area contributed by atoms with Crippen LogP contribution in [0.15, 0.2) is 23.0 Å². The number of nitrogens with one attached hydrogen (secondary N) is 1. The number of nitrogens with zero attached hydrogens (tertiary/aromatic N) is 2. The monoisotopic (exact) mass is 391 g/mol. The summed E-state index contributed by atoms with van der Waals surface area (Å²) in [5, 5.41) is 2.82. The number of hydrogen-bond acceptors (Lipinski definition) is 3. The van der Waals surface area contributed by atoms with Gasteiger partial charge in [-0.1, -0.05) is 47.8 Å². The Labute approximate surface area is 155 Å². The summed E-state index contributed by atoms with van der Waals surface area (Å²) in [6.45, 7) is 3.75. The molecule has 1 aromatic rings. The third kappa shape index (κ3) is 3.59. The van der Waals surface area contributed by atoms with E-state index in [0.29, 0.717) is 32.0 Å². The minimum absolute atomic E-state index is 0.0351. The van der Waals surface area contributed by atoms with Gasteiger partial charge in [0.25, 0.3) is 5.56 Å². The van der Waals surface area contributed by atoms with Crippen LogP contribution in [0, 0.1) is 5.92 Å². The molecule has 2 bridgehead atoms. The summed E-state index contributed by atoms with van der Waals surface area (Å²) in [7, 11) is 0. The van der Waals surface area contributed by atoms with Gasteiger partial charge in [-0.15, -0.1) is 0 Å². The summed E-state index contributed by atoms with van der Waals surface area (Å²) < 4.78 is 0.234. The van der Waals surface area contributed by atoms with Gasteiger partial charge < -0.3 is 9.88 Å². The Morgan fingerprint density at radius 3 is 2.75 bits per heavy atom. The van der Waals surface area contributed by atoms with Gasteiger partial charge in [-0.05, 0) is 18.4 Å². The van der Waals surface area contributed by atoms with Crippen molar-refractivity contribution in [1.29, 1.82) is 0 Å². The van der Waals surface area contributed by atoms with Crippen molar-refractivity contribution >= 4 is 40.7 Å². The fourth-order valence-corrected chi connectivity index (χ4v) is 4.36. The first-order chi connectivity index (χ1) is 11.3. The molecular formula is C16H20Cl3N3O2. The van der Waals surface area contributed by atoms with Crippen LogP contribution in [0.5, 0.6) is 0 Å². The molecule has 0 radical (unpaired) electrons. The molecule has 1 fully saturated rings. The number of rotatable bonds is 3. The third-order valence-electron chi connectivity index (χ3n) is 4.80. The summed E-state index contributed by atoms with van der Waals surface area (Å²) in [4.78, 5) is 26.0. The van der Waals surface area contributed by atoms with Gasteiger partial charge >= 0.3 is 0 Å². The first-order valence-corrected chi connectivity index (χ1v) is 9.23. The van der Waals surface area contributed by atoms with Crippen molar-refractivity contribution in [2.75, 3.05) is 13.1 Å². The first kappa shape index (κ1) is 18.1. The number of halogens is 3. The van der Waals surface area contributed by atoms with Crippen molar-refractivity contribution in [3.05, 3.63) is 34.2 Å². The molecule has 0 unspecified atom stereocenters. The Bertz CT molecular complexity index is 686. The van der Waals surface area contributed by atoms with E-state index in [4.69, 9.17) is 34.8 Å². The number of likely N-dealkylation sites (tertiary alicyclic amines) is 1. The lowest BCUT2D eigenvalue weighted by Gasteiger charge is -2.47. The number of hydrogen-bond donors (Lipinski definition) is 1. The van der Waals surface area contributed by atoms with E-state index in [9.17, 15) is 9.59 Å². The van der Waals surface area contributed by atoms with E-state index < -0.39 is 9.96 Å². The smallest absolute Gasteiger partial charge is 0.250 e. The van der Waals surface area contributed by atoms with Crippen molar-refractivity contribution in [2.24, 2.45) is 5.92 Å². The molecule has 2 aliphatic heterocycles. The van der Waals surface area contributed by atoms with Gasteiger partial charge in [0.05, 0.1) is 0 Å². The zero-order valence-corrected chi connectivity index (χ0v) is 15.6. The summed E-state index contributed by atoms with van der Waals surface area (Å²) in [6.07, 6.45) is 0.659. The molecule has 2 aliphatic rings.